The lowest BCUT2D eigenvalue weighted by Gasteiger charge is -2.14. The average molecular weight is 221 g/mol. The van der Waals surface area contributed by atoms with Crippen LogP contribution in [0.15, 0.2) is 12.4 Å². The molecule has 0 radical (unpaired) electrons. The van der Waals surface area contributed by atoms with Gasteiger partial charge in [-0.1, -0.05) is 0 Å². The van der Waals surface area contributed by atoms with Crippen molar-refractivity contribution >= 4 is 11.9 Å². The topological polar surface area (TPSA) is 83.4 Å². The second-order valence-corrected chi connectivity index (χ2v) is 3.56. The van der Waals surface area contributed by atoms with Crippen LogP contribution in [0.2, 0.25) is 0 Å². The molecule has 1 N–H and O–H groups in total. The molecule has 0 spiro atoms. The van der Waals surface area contributed by atoms with E-state index in [9.17, 15) is 9.59 Å². The number of aromatic nitrogens is 2. The van der Waals surface area contributed by atoms with Crippen LogP contribution >= 0.6 is 0 Å². The van der Waals surface area contributed by atoms with Crippen LogP contribution in [0.1, 0.15) is 33.8 Å². The number of carbonyl (C=O) groups is 2. The van der Waals surface area contributed by atoms with Gasteiger partial charge in [-0.25, -0.2) is 14.8 Å². The Labute approximate surface area is 91.9 Å². The number of hydrogen-bond acceptors (Lipinski definition) is 4. The molecule has 0 atom stereocenters. The zero-order chi connectivity index (χ0) is 11.5. The van der Waals surface area contributed by atoms with Crippen molar-refractivity contribution in [3.8, 4) is 0 Å². The van der Waals surface area contributed by atoms with Gasteiger partial charge in [0.2, 0.25) is 0 Å². The highest BCUT2D eigenvalue weighted by atomic mass is 16.4. The van der Waals surface area contributed by atoms with E-state index < -0.39 is 5.97 Å². The summed E-state index contributed by atoms with van der Waals surface area (Å²) < 4.78 is 0. The highest BCUT2D eigenvalue weighted by Gasteiger charge is 2.25. The summed E-state index contributed by atoms with van der Waals surface area (Å²) in [5, 5.41) is 8.88. The minimum absolute atomic E-state index is 0.0723. The third kappa shape index (κ3) is 1.86. The summed E-state index contributed by atoms with van der Waals surface area (Å²) in [5.41, 5.74) is -0.351. The van der Waals surface area contributed by atoms with E-state index in [-0.39, 0.29) is 17.3 Å². The number of likely N-dealkylation sites (tertiary alicyclic amines) is 1. The minimum atomic E-state index is -1.23. The summed E-state index contributed by atoms with van der Waals surface area (Å²) in [7, 11) is 0. The molecule has 1 aromatic rings. The standard InChI is InChI=1S/C10H11N3O3/c14-9(13-5-1-2-6-13)7-8(10(15)16)12-4-3-11-7/h3-4H,1-2,5-6H2,(H,15,16). The maximum absolute atomic E-state index is 11.9. The Morgan fingerprint density at radius 1 is 1.12 bits per heavy atom. The molecule has 6 heteroatoms. The van der Waals surface area contributed by atoms with Crippen LogP contribution in [0.3, 0.4) is 0 Å². The molecule has 2 heterocycles. The van der Waals surface area contributed by atoms with Gasteiger partial charge in [0, 0.05) is 25.5 Å². The van der Waals surface area contributed by atoms with Gasteiger partial charge in [0.1, 0.15) is 0 Å². The smallest absolute Gasteiger partial charge is 0.356 e. The van der Waals surface area contributed by atoms with Gasteiger partial charge in [0.15, 0.2) is 11.4 Å². The molecule has 1 amide bonds. The molecule has 84 valence electrons. The molecule has 1 aromatic heterocycles. The Morgan fingerprint density at radius 3 is 2.25 bits per heavy atom. The first kappa shape index (κ1) is 10.5. The number of carboxylic acids is 1. The van der Waals surface area contributed by atoms with E-state index in [0.717, 1.165) is 12.8 Å². The highest BCUT2D eigenvalue weighted by molar-refractivity contribution is 6.02. The number of aromatic carboxylic acids is 1. The molecule has 1 aliphatic rings. The summed E-state index contributed by atoms with van der Waals surface area (Å²) in [6, 6.07) is 0. The van der Waals surface area contributed by atoms with Crippen molar-refractivity contribution in [2.75, 3.05) is 13.1 Å². The molecule has 0 aliphatic carbocycles. The first-order valence-corrected chi connectivity index (χ1v) is 5.03. The lowest BCUT2D eigenvalue weighted by Crippen LogP contribution is -2.30. The SMILES string of the molecule is O=C(O)c1nccnc1C(=O)N1CCCC1. The molecule has 0 aromatic carbocycles. The normalized spacial score (nSPS) is 15.1. The number of rotatable bonds is 2. The second-order valence-electron chi connectivity index (χ2n) is 3.56. The number of carboxylic acid groups (broad SMARTS) is 1. The molecule has 0 bridgehead atoms. The van der Waals surface area contributed by atoms with Gasteiger partial charge in [-0.3, -0.25) is 4.79 Å². The van der Waals surface area contributed by atoms with Gasteiger partial charge in [-0.15, -0.1) is 0 Å². The van der Waals surface area contributed by atoms with E-state index in [4.69, 9.17) is 5.11 Å². The van der Waals surface area contributed by atoms with Crippen LogP contribution in [-0.2, 0) is 0 Å². The van der Waals surface area contributed by atoms with Crippen LogP contribution in [0, 0.1) is 0 Å². The maximum atomic E-state index is 11.9. The van der Waals surface area contributed by atoms with Gasteiger partial charge in [-0.05, 0) is 12.8 Å². The molecule has 2 rings (SSSR count). The molecular weight excluding hydrogens is 210 g/mol. The third-order valence-corrected chi connectivity index (χ3v) is 2.50. The Kier molecular flexibility index (Phi) is 2.80. The van der Waals surface area contributed by atoms with Crippen molar-refractivity contribution in [2.45, 2.75) is 12.8 Å². The second kappa shape index (κ2) is 4.26. The summed E-state index contributed by atoms with van der Waals surface area (Å²) in [6.07, 6.45) is 4.50. The minimum Gasteiger partial charge on any atom is -0.476 e. The van der Waals surface area contributed by atoms with Crippen molar-refractivity contribution in [3.63, 3.8) is 0 Å². The molecule has 6 nitrogen and oxygen atoms in total. The fraction of sp³-hybridized carbons (Fsp3) is 0.400. The maximum Gasteiger partial charge on any atom is 0.356 e. The van der Waals surface area contributed by atoms with Crippen molar-refractivity contribution in [2.24, 2.45) is 0 Å². The van der Waals surface area contributed by atoms with Gasteiger partial charge >= 0.3 is 5.97 Å². The Balaban J connectivity index is 2.32. The first-order valence-electron chi connectivity index (χ1n) is 5.03. The van der Waals surface area contributed by atoms with Crippen molar-refractivity contribution in [1.82, 2.24) is 14.9 Å². The van der Waals surface area contributed by atoms with Crippen molar-refractivity contribution in [3.05, 3.63) is 23.8 Å². The van der Waals surface area contributed by atoms with Gasteiger partial charge in [-0.2, -0.15) is 0 Å². The lowest BCUT2D eigenvalue weighted by molar-refractivity contribution is 0.0672. The summed E-state index contributed by atoms with van der Waals surface area (Å²) in [4.78, 5) is 31.9. The van der Waals surface area contributed by atoms with Crippen molar-refractivity contribution in [1.29, 1.82) is 0 Å². The molecule has 0 unspecified atom stereocenters. The molecule has 1 fully saturated rings. The fourth-order valence-corrected chi connectivity index (χ4v) is 1.72. The quantitative estimate of drug-likeness (QED) is 0.782. The van der Waals surface area contributed by atoms with Crippen LogP contribution in [0.4, 0.5) is 0 Å². The van der Waals surface area contributed by atoms with E-state index in [2.05, 4.69) is 9.97 Å². The molecule has 1 saturated heterocycles. The van der Waals surface area contributed by atoms with Crippen molar-refractivity contribution < 1.29 is 14.7 Å². The van der Waals surface area contributed by atoms with E-state index >= 15 is 0 Å². The van der Waals surface area contributed by atoms with Crippen LogP contribution < -0.4 is 0 Å². The largest absolute Gasteiger partial charge is 0.476 e. The van der Waals surface area contributed by atoms with Crippen LogP contribution in [0.5, 0.6) is 0 Å². The summed E-state index contributed by atoms with van der Waals surface area (Å²) >= 11 is 0. The Morgan fingerprint density at radius 2 is 1.69 bits per heavy atom. The number of amides is 1. The van der Waals surface area contributed by atoms with E-state index in [0.29, 0.717) is 13.1 Å². The van der Waals surface area contributed by atoms with E-state index in [1.165, 1.54) is 12.4 Å². The first-order chi connectivity index (χ1) is 7.70. The average Bonchev–Trinajstić information content (AvgIpc) is 2.81. The number of hydrogen-bond donors (Lipinski definition) is 1. The lowest BCUT2D eigenvalue weighted by atomic mass is 10.2. The van der Waals surface area contributed by atoms with Gasteiger partial charge in [0.25, 0.3) is 5.91 Å². The summed E-state index contributed by atoms with van der Waals surface area (Å²) in [5.74, 6) is -1.57. The zero-order valence-corrected chi connectivity index (χ0v) is 8.59. The Hall–Kier alpha value is -1.98. The number of carbonyl (C=O) groups excluding carboxylic acids is 1. The van der Waals surface area contributed by atoms with E-state index in [1.807, 2.05) is 0 Å². The predicted molar refractivity (Wildman–Crippen MR) is 54.1 cm³/mol. The van der Waals surface area contributed by atoms with Crippen LogP contribution in [0.25, 0.3) is 0 Å². The molecule has 16 heavy (non-hydrogen) atoms. The fourth-order valence-electron chi connectivity index (χ4n) is 1.72. The summed E-state index contributed by atoms with van der Waals surface area (Å²) in [6.45, 7) is 1.32. The number of nitrogens with zero attached hydrogens (tertiary/aromatic N) is 3. The Bertz CT molecular complexity index is 427. The van der Waals surface area contributed by atoms with Crippen LogP contribution in [-0.4, -0.2) is 44.9 Å². The third-order valence-electron chi connectivity index (χ3n) is 2.50. The molecular formula is C10H11N3O3. The predicted octanol–water partition coefficient (Wildman–Crippen LogP) is 0.411. The monoisotopic (exact) mass is 221 g/mol. The van der Waals surface area contributed by atoms with E-state index in [1.54, 1.807) is 4.90 Å². The highest BCUT2D eigenvalue weighted by Crippen LogP contribution is 2.13. The molecule has 1 aliphatic heterocycles. The van der Waals surface area contributed by atoms with Gasteiger partial charge < -0.3 is 10.0 Å². The zero-order valence-electron chi connectivity index (χ0n) is 8.59. The van der Waals surface area contributed by atoms with Gasteiger partial charge in [0.05, 0.1) is 0 Å². The molecule has 0 saturated carbocycles.